The molecule has 0 aliphatic carbocycles. The predicted octanol–water partition coefficient (Wildman–Crippen LogP) is 3.93. The van der Waals surface area contributed by atoms with Crippen LogP contribution in [0.1, 0.15) is 19.3 Å². The maximum Gasteiger partial charge on any atom is 0.233 e. The monoisotopic (exact) mass is 364 g/mol. The van der Waals surface area contributed by atoms with E-state index < -0.39 is 0 Å². The maximum absolute atomic E-state index is 8.87. The third kappa shape index (κ3) is 6.23. The minimum atomic E-state index is 0.224. The number of benzene rings is 2. The summed E-state index contributed by atoms with van der Waals surface area (Å²) < 4.78 is 0. The zero-order valence-electron chi connectivity index (χ0n) is 15.1. The second-order valence-electron chi connectivity index (χ2n) is 6.00. The van der Waals surface area contributed by atoms with E-state index in [1.165, 1.54) is 0 Å². The molecular formula is C20H24N6O. The summed E-state index contributed by atoms with van der Waals surface area (Å²) >= 11 is 0. The lowest BCUT2D eigenvalue weighted by molar-refractivity contribution is 0.283. The predicted molar refractivity (Wildman–Crippen MR) is 109 cm³/mol. The van der Waals surface area contributed by atoms with E-state index in [1.54, 1.807) is 0 Å². The van der Waals surface area contributed by atoms with Gasteiger partial charge in [-0.2, -0.15) is 15.0 Å². The first kappa shape index (κ1) is 18.6. The maximum atomic E-state index is 8.87. The lowest BCUT2D eigenvalue weighted by atomic mass is 10.2. The standard InChI is InChI=1S/C20H24N6O/c27-15-9-3-8-14-21-18-24-19(22-16-10-4-1-5-11-16)26-20(25-18)23-17-12-6-2-7-13-17/h1-2,4-7,10-13,27H,3,8-9,14-15H2,(H3,21,22,23,24,25,26). The van der Waals surface area contributed by atoms with Crippen LogP contribution in [0.15, 0.2) is 60.7 Å². The molecule has 7 nitrogen and oxygen atoms in total. The molecule has 0 saturated heterocycles. The Morgan fingerprint density at radius 3 is 1.67 bits per heavy atom. The molecule has 4 N–H and O–H groups in total. The summed E-state index contributed by atoms with van der Waals surface area (Å²) in [5.41, 5.74) is 1.81. The van der Waals surface area contributed by atoms with Gasteiger partial charge in [-0.15, -0.1) is 0 Å². The van der Waals surface area contributed by atoms with Crippen LogP contribution in [0.25, 0.3) is 0 Å². The van der Waals surface area contributed by atoms with Crippen molar-refractivity contribution in [2.45, 2.75) is 19.3 Å². The first-order valence-corrected chi connectivity index (χ1v) is 9.08. The molecule has 0 saturated carbocycles. The summed E-state index contributed by atoms with van der Waals surface area (Å²) in [6.07, 6.45) is 2.70. The van der Waals surface area contributed by atoms with E-state index in [0.29, 0.717) is 17.8 Å². The average molecular weight is 364 g/mol. The molecule has 0 bridgehead atoms. The fourth-order valence-corrected chi connectivity index (χ4v) is 2.48. The van der Waals surface area contributed by atoms with E-state index in [1.807, 2.05) is 60.7 Å². The van der Waals surface area contributed by atoms with Crippen molar-refractivity contribution in [2.75, 3.05) is 29.1 Å². The van der Waals surface area contributed by atoms with Gasteiger partial charge >= 0.3 is 0 Å². The third-order valence-corrected chi connectivity index (χ3v) is 3.81. The second-order valence-corrected chi connectivity index (χ2v) is 6.00. The van der Waals surface area contributed by atoms with E-state index in [4.69, 9.17) is 5.11 Å². The second kappa shape index (κ2) is 10.1. The Balaban J connectivity index is 1.74. The van der Waals surface area contributed by atoms with E-state index in [-0.39, 0.29) is 6.61 Å². The van der Waals surface area contributed by atoms with Gasteiger partial charge in [-0.1, -0.05) is 36.4 Å². The van der Waals surface area contributed by atoms with Gasteiger partial charge in [0.25, 0.3) is 0 Å². The van der Waals surface area contributed by atoms with Crippen LogP contribution in [-0.4, -0.2) is 33.2 Å². The summed E-state index contributed by atoms with van der Waals surface area (Å²) in [5, 5.41) is 18.5. The number of rotatable bonds is 10. The summed E-state index contributed by atoms with van der Waals surface area (Å²) in [6.45, 7) is 0.960. The molecular weight excluding hydrogens is 340 g/mol. The molecule has 27 heavy (non-hydrogen) atoms. The van der Waals surface area contributed by atoms with Crippen molar-refractivity contribution in [3.63, 3.8) is 0 Å². The Morgan fingerprint density at radius 1 is 0.630 bits per heavy atom. The Kier molecular flexibility index (Phi) is 6.94. The molecule has 2 aromatic carbocycles. The van der Waals surface area contributed by atoms with Gasteiger partial charge in [0.1, 0.15) is 0 Å². The fourth-order valence-electron chi connectivity index (χ4n) is 2.48. The average Bonchev–Trinajstić information content (AvgIpc) is 2.69. The van der Waals surface area contributed by atoms with Crippen LogP contribution in [0.4, 0.5) is 29.2 Å². The van der Waals surface area contributed by atoms with Gasteiger partial charge < -0.3 is 21.1 Å². The van der Waals surface area contributed by atoms with Crippen molar-refractivity contribution in [1.29, 1.82) is 0 Å². The van der Waals surface area contributed by atoms with Crippen molar-refractivity contribution < 1.29 is 5.11 Å². The van der Waals surface area contributed by atoms with Crippen molar-refractivity contribution in [2.24, 2.45) is 0 Å². The number of nitrogens with zero attached hydrogens (tertiary/aromatic N) is 3. The lowest BCUT2D eigenvalue weighted by Crippen LogP contribution is -2.10. The molecule has 3 rings (SSSR count). The highest BCUT2D eigenvalue weighted by Gasteiger charge is 2.07. The molecule has 0 atom stereocenters. The summed E-state index contributed by atoms with van der Waals surface area (Å²) in [4.78, 5) is 13.4. The Morgan fingerprint density at radius 2 is 1.15 bits per heavy atom. The highest BCUT2D eigenvalue weighted by molar-refractivity contribution is 5.58. The molecule has 1 heterocycles. The van der Waals surface area contributed by atoms with Gasteiger partial charge in [0.2, 0.25) is 17.8 Å². The van der Waals surface area contributed by atoms with Crippen molar-refractivity contribution in [3.05, 3.63) is 60.7 Å². The van der Waals surface area contributed by atoms with Crippen LogP contribution < -0.4 is 16.0 Å². The first-order chi connectivity index (χ1) is 13.3. The smallest absolute Gasteiger partial charge is 0.233 e. The van der Waals surface area contributed by atoms with Gasteiger partial charge in [0.05, 0.1) is 0 Å². The molecule has 1 aromatic heterocycles. The molecule has 7 heteroatoms. The highest BCUT2D eigenvalue weighted by atomic mass is 16.2. The summed E-state index contributed by atoms with van der Waals surface area (Å²) in [7, 11) is 0. The van der Waals surface area contributed by atoms with E-state index >= 15 is 0 Å². The zero-order chi connectivity index (χ0) is 18.7. The Labute approximate surface area is 158 Å². The highest BCUT2D eigenvalue weighted by Crippen LogP contribution is 2.18. The van der Waals surface area contributed by atoms with Gasteiger partial charge in [-0.3, -0.25) is 0 Å². The zero-order valence-corrected chi connectivity index (χ0v) is 15.1. The van der Waals surface area contributed by atoms with Gasteiger partial charge in [0, 0.05) is 24.5 Å². The minimum absolute atomic E-state index is 0.224. The molecule has 0 fully saturated rings. The summed E-state index contributed by atoms with van der Waals surface area (Å²) in [5.74, 6) is 1.44. The SMILES string of the molecule is OCCCCCNc1nc(Nc2ccccc2)nc(Nc2ccccc2)n1. The molecule has 3 aromatic rings. The van der Waals surface area contributed by atoms with Crippen LogP contribution in [0, 0.1) is 0 Å². The largest absolute Gasteiger partial charge is 0.396 e. The lowest BCUT2D eigenvalue weighted by Gasteiger charge is -2.11. The summed E-state index contributed by atoms with van der Waals surface area (Å²) in [6, 6.07) is 19.5. The van der Waals surface area contributed by atoms with Crippen molar-refractivity contribution >= 4 is 29.2 Å². The van der Waals surface area contributed by atoms with E-state index in [2.05, 4.69) is 30.9 Å². The molecule has 0 radical (unpaired) electrons. The Bertz CT molecular complexity index is 753. The van der Waals surface area contributed by atoms with Crippen molar-refractivity contribution in [1.82, 2.24) is 15.0 Å². The number of unbranched alkanes of at least 4 members (excludes halogenated alkanes) is 2. The number of nitrogens with one attached hydrogen (secondary N) is 3. The van der Waals surface area contributed by atoms with E-state index in [0.717, 1.165) is 37.2 Å². The minimum Gasteiger partial charge on any atom is -0.396 e. The molecule has 0 aliphatic heterocycles. The topological polar surface area (TPSA) is 95.0 Å². The number of anilines is 5. The fraction of sp³-hybridized carbons (Fsp3) is 0.250. The number of aromatic nitrogens is 3. The number of hydrogen-bond acceptors (Lipinski definition) is 7. The van der Waals surface area contributed by atoms with Gasteiger partial charge in [-0.05, 0) is 43.5 Å². The number of para-hydroxylation sites is 2. The number of aliphatic hydroxyl groups is 1. The Hall–Kier alpha value is -3.19. The van der Waals surface area contributed by atoms with Crippen LogP contribution in [0.5, 0.6) is 0 Å². The van der Waals surface area contributed by atoms with Gasteiger partial charge in [-0.25, -0.2) is 0 Å². The van der Waals surface area contributed by atoms with Crippen LogP contribution >= 0.6 is 0 Å². The normalized spacial score (nSPS) is 10.4. The molecule has 0 amide bonds. The quantitative estimate of drug-likeness (QED) is 0.405. The van der Waals surface area contributed by atoms with Crippen LogP contribution in [-0.2, 0) is 0 Å². The molecule has 0 aliphatic rings. The van der Waals surface area contributed by atoms with Gasteiger partial charge in [0.15, 0.2) is 0 Å². The first-order valence-electron chi connectivity index (χ1n) is 9.08. The van der Waals surface area contributed by atoms with Crippen LogP contribution in [0.3, 0.4) is 0 Å². The number of hydrogen-bond donors (Lipinski definition) is 4. The molecule has 140 valence electrons. The van der Waals surface area contributed by atoms with Crippen molar-refractivity contribution in [3.8, 4) is 0 Å². The van der Waals surface area contributed by atoms with E-state index in [9.17, 15) is 0 Å². The third-order valence-electron chi connectivity index (χ3n) is 3.81. The number of aliphatic hydroxyl groups excluding tert-OH is 1. The van der Waals surface area contributed by atoms with Crippen LogP contribution in [0.2, 0.25) is 0 Å². The molecule has 0 spiro atoms. The molecule has 0 unspecified atom stereocenters.